The zero-order valence-corrected chi connectivity index (χ0v) is 21.0. The summed E-state index contributed by atoms with van der Waals surface area (Å²) in [5.41, 5.74) is 2.75. The lowest BCUT2D eigenvalue weighted by Gasteiger charge is -2.22. The average Bonchev–Trinajstić information content (AvgIpc) is 3.25. The second-order valence-corrected chi connectivity index (χ2v) is 9.41. The number of aromatic nitrogens is 1. The van der Waals surface area contributed by atoms with E-state index in [1.54, 1.807) is 14.2 Å². The van der Waals surface area contributed by atoms with Gasteiger partial charge in [0.2, 0.25) is 0 Å². The standard InChI is InChI=1S/C25H30ClN3O3S/c1-17(2)27-25(30)21-16-33-24(28-21)15-29(14-19-6-5-7-20(26)12-19)11-10-18-8-9-22(31-3)23(13-18)32-4/h5-9,12-13,16-17H,10-11,14-15H2,1-4H3,(H,27,30). The van der Waals surface area contributed by atoms with Crippen LogP contribution in [0.25, 0.3) is 0 Å². The van der Waals surface area contributed by atoms with Crippen molar-refractivity contribution in [3.63, 3.8) is 0 Å². The number of amides is 1. The average molecular weight is 488 g/mol. The minimum absolute atomic E-state index is 0.0727. The third-order valence-electron chi connectivity index (χ3n) is 5.02. The van der Waals surface area contributed by atoms with Gasteiger partial charge in [-0.3, -0.25) is 9.69 Å². The van der Waals surface area contributed by atoms with Gasteiger partial charge in [0.05, 0.1) is 20.8 Å². The van der Waals surface area contributed by atoms with Crippen LogP contribution in [0.15, 0.2) is 47.8 Å². The Morgan fingerprint density at radius 2 is 1.88 bits per heavy atom. The molecule has 1 aromatic heterocycles. The summed E-state index contributed by atoms with van der Waals surface area (Å²) in [5.74, 6) is 1.29. The van der Waals surface area contributed by atoms with E-state index in [1.165, 1.54) is 11.3 Å². The molecule has 0 saturated carbocycles. The molecular weight excluding hydrogens is 458 g/mol. The number of ether oxygens (including phenoxy) is 2. The van der Waals surface area contributed by atoms with E-state index in [-0.39, 0.29) is 11.9 Å². The maximum atomic E-state index is 12.3. The molecule has 3 rings (SSSR count). The molecule has 1 N–H and O–H groups in total. The summed E-state index contributed by atoms with van der Waals surface area (Å²) >= 11 is 7.71. The Bertz CT molecular complexity index is 1070. The number of halogens is 1. The van der Waals surface area contributed by atoms with Gasteiger partial charge in [0.25, 0.3) is 5.91 Å². The van der Waals surface area contributed by atoms with E-state index < -0.39 is 0 Å². The first-order chi connectivity index (χ1) is 15.9. The summed E-state index contributed by atoms with van der Waals surface area (Å²) in [7, 11) is 3.27. The topological polar surface area (TPSA) is 63.7 Å². The van der Waals surface area contributed by atoms with Crippen molar-refractivity contribution in [2.45, 2.75) is 39.4 Å². The third-order valence-corrected chi connectivity index (χ3v) is 6.09. The van der Waals surface area contributed by atoms with Crippen LogP contribution in [0.1, 0.15) is 40.5 Å². The van der Waals surface area contributed by atoms with Crippen molar-refractivity contribution in [2.75, 3.05) is 20.8 Å². The molecule has 0 fully saturated rings. The van der Waals surface area contributed by atoms with Crippen LogP contribution >= 0.6 is 22.9 Å². The van der Waals surface area contributed by atoms with Gasteiger partial charge < -0.3 is 14.8 Å². The fourth-order valence-electron chi connectivity index (χ4n) is 3.45. The molecule has 0 atom stereocenters. The van der Waals surface area contributed by atoms with E-state index in [1.807, 2.05) is 49.6 Å². The van der Waals surface area contributed by atoms with Crippen LogP contribution in [0.2, 0.25) is 5.02 Å². The van der Waals surface area contributed by atoms with E-state index in [0.717, 1.165) is 41.4 Å². The zero-order chi connectivity index (χ0) is 23.8. The van der Waals surface area contributed by atoms with E-state index in [2.05, 4.69) is 27.3 Å². The Morgan fingerprint density at radius 1 is 1.09 bits per heavy atom. The minimum Gasteiger partial charge on any atom is -0.493 e. The largest absolute Gasteiger partial charge is 0.493 e. The van der Waals surface area contributed by atoms with Crippen molar-refractivity contribution >= 4 is 28.8 Å². The first kappa shape index (κ1) is 25.0. The van der Waals surface area contributed by atoms with Gasteiger partial charge in [-0.15, -0.1) is 11.3 Å². The molecule has 3 aromatic rings. The Kier molecular flexibility index (Phi) is 9.11. The summed E-state index contributed by atoms with van der Waals surface area (Å²) < 4.78 is 10.8. The number of methoxy groups -OCH3 is 2. The van der Waals surface area contributed by atoms with Gasteiger partial charge in [0, 0.05) is 29.5 Å². The maximum Gasteiger partial charge on any atom is 0.270 e. The van der Waals surface area contributed by atoms with Crippen LogP contribution < -0.4 is 14.8 Å². The molecule has 0 spiro atoms. The summed E-state index contributed by atoms with van der Waals surface area (Å²) in [6, 6.07) is 13.9. The predicted octanol–water partition coefficient (Wildman–Crippen LogP) is 5.20. The van der Waals surface area contributed by atoms with Crippen LogP contribution in [0.5, 0.6) is 11.5 Å². The number of nitrogens with one attached hydrogen (secondary N) is 1. The molecule has 33 heavy (non-hydrogen) atoms. The van der Waals surface area contributed by atoms with Crippen LogP contribution in [-0.4, -0.2) is 42.6 Å². The van der Waals surface area contributed by atoms with Gasteiger partial charge in [0.1, 0.15) is 10.7 Å². The molecule has 0 aliphatic heterocycles. The molecule has 1 heterocycles. The summed E-state index contributed by atoms with van der Waals surface area (Å²) in [6.45, 7) is 6.04. The van der Waals surface area contributed by atoms with E-state index >= 15 is 0 Å². The number of thiazole rings is 1. The van der Waals surface area contributed by atoms with E-state index in [9.17, 15) is 4.79 Å². The molecule has 1 amide bonds. The second-order valence-electron chi connectivity index (χ2n) is 8.03. The number of nitrogens with zero attached hydrogens (tertiary/aromatic N) is 2. The Balaban J connectivity index is 1.74. The van der Waals surface area contributed by atoms with Gasteiger partial charge in [0.15, 0.2) is 11.5 Å². The smallest absolute Gasteiger partial charge is 0.270 e. The molecule has 8 heteroatoms. The van der Waals surface area contributed by atoms with Crippen molar-refractivity contribution < 1.29 is 14.3 Å². The maximum absolute atomic E-state index is 12.3. The predicted molar refractivity (Wildman–Crippen MR) is 134 cm³/mol. The SMILES string of the molecule is COc1ccc(CCN(Cc2cccc(Cl)c2)Cc2nc(C(=O)NC(C)C)cs2)cc1OC. The number of rotatable bonds is 11. The van der Waals surface area contributed by atoms with Gasteiger partial charge in [-0.1, -0.05) is 29.8 Å². The number of carbonyl (C=O) groups excluding carboxylic acids is 1. The normalized spacial score (nSPS) is 11.1. The van der Waals surface area contributed by atoms with Gasteiger partial charge >= 0.3 is 0 Å². The first-order valence-electron chi connectivity index (χ1n) is 10.8. The molecule has 6 nitrogen and oxygen atoms in total. The van der Waals surface area contributed by atoms with Crippen molar-refractivity contribution in [2.24, 2.45) is 0 Å². The summed E-state index contributed by atoms with van der Waals surface area (Å²) in [6.07, 6.45) is 0.826. The highest BCUT2D eigenvalue weighted by Crippen LogP contribution is 2.28. The highest BCUT2D eigenvalue weighted by molar-refractivity contribution is 7.09. The zero-order valence-electron chi connectivity index (χ0n) is 19.4. The second kappa shape index (κ2) is 12.0. The van der Waals surface area contributed by atoms with Gasteiger partial charge in [-0.2, -0.15) is 0 Å². The molecule has 0 radical (unpaired) electrons. The first-order valence-corrected chi connectivity index (χ1v) is 12.1. The molecular formula is C25H30ClN3O3S. The highest BCUT2D eigenvalue weighted by Gasteiger charge is 2.15. The molecule has 0 unspecified atom stereocenters. The Morgan fingerprint density at radius 3 is 2.58 bits per heavy atom. The van der Waals surface area contributed by atoms with Gasteiger partial charge in [-0.05, 0) is 55.7 Å². The number of benzene rings is 2. The number of carbonyl (C=O) groups is 1. The molecule has 2 aromatic carbocycles. The van der Waals surface area contributed by atoms with Crippen LogP contribution in [0, 0.1) is 0 Å². The molecule has 0 bridgehead atoms. The molecule has 0 saturated heterocycles. The van der Waals surface area contributed by atoms with E-state index in [0.29, 0.717) is 23.0 Å². The van der Waals surface area contributed by atoms with Crippen molar-refractivity contribution in [3.8, 4) is 11.5 Å². The van der Waals surface area contributed by atoms with Crippen molar-refractivity contribution in [1.82, 2.24) is 15.2 Å². The van der Waals surface area contributed by atoms with Crippen LogP contribution in [-0.2, 0) is 19.5 Å². The summed E-state index contributed by atoms with van der Waals surface area (Å²) in [5, 5.41) is 6.33. The number of hydrogen-bond acceptors (Lipinski definition) is 6. The molecule has 176 valence electrons. The van der Waals surface area contributed by atoms with Crippen molar-refractivity contribution in [1.29, 1.82) is 0 Å². The third kappa shape index (κ3) is 7.45. The molecule has 0 aliphatic carbocycles. The monoisotopic (exact) mass is 487 g/mol. The minimum atomic E-state index is -0.140. The van der Waals surface area contributed by atoms with Crippen LogP contribution in [0.3, 0.4) is 0 Å². The Hall–Kier alpha value is -2.61. The van der Waals surface area contributed by atoms with Gasteiger partial charge in [-0.25, -0.2) is 4.98 Å². The fourth-order valence-corrected chi connectivity index (χ4v) is 4.47. The lowest BCUT2D eigenvalue weighted by molar-refractivity contribution is 0.0938. The van der Waals surface area contributed by atoms with E-state index in [4.69, 9.17) is 21.1 Å². The summed E-state index contributed by atoms with van der Waals surface area (Å²) in [4.78, 5) is 19.2. The lowest BCUT2D eigenvalue weighted by atomic mass is 10.1. The fraction of sp³-hybridized carbons (Fsp3) is 0.360. The lowest BCUT2D eigenvalue weighted by Crippen LogP contribution is -2.30. The quantitative estimate of drug-likeness (QED) is 0.403. The van der Waals surface area contributed by atoms with Crippen molar-refractivity contribution in [3.05, 3.63) is 74.7 Å². The van der Waals surface area contributed by atoms with Crippen LogP contribution in [0.4, 0.5) is 0 Å². The highest BCUT2D eigenvalue weighted by atomic mass is 35.5. The number of hydrogen-bond donors (Lipinski definition) is 1. The molecule has 0 aliphatic rings. The Labute approximate surface area is 204 Å².